The van der Waals surface area contributed by atoms with Crippen LogP contribution in [0.25, 0.3) is 0 Å². The summed E-state index contributed by atoms with van der Waals surface area (Å²) in [7, 11) is 0. The highest BCUT2D eigenvalue weighted by molar-refractivity contribution is 4.93. The van der Waals surface area contributed by atoms with Gasteiger partial charge >= 0.3 is 0 Å². The van der Waals surface area contributed by atoms with Gasteiger partial charge in [0.25, 0.3) is 0 Å². The molecule has 18 heavy (non-hydrogen) atoms. The third-order valence-electron chi connectivity index (χ3n) is 6.17. The van der Waals surface area contributed by atoms with Crippen LogP contribution in [0.5, 0.6) is 0 Å². The standard InChI is InChI=1S/C16H32N2/c1-3-16(2,12-4-8-14(17)9-5-12)13-6-10-15(18)11-7-13/h12-15H,3-11,17-18H2,1-2H3. The van der Waals surface area contributed by atoms with Crippen molar-refractivity contribution in [2.24, 2.45) is 28.7 Å². The van der Waals surface area contributed by atoms with E-state index in [0.29, 0.717) is 17.5 Å². The largest absolute Gasteiger partial charge is 0.328 e. The minimum atomic E-state index is 0.474. The van der Waals surface area contributed by atoms with E-state index in [1.54, 1.807) is 0 Å². The molecule has 0 heterocycles. The van der Waals surface area contributed by atoms with Gasteiger partial charge in [-0.25, -0.2) is 0 Å². The van der Waals surface area contributed by atoms with Crippen molar-refractivity contribution in [3.05, 3.63) is 0 Å². The zero-order valence-electron chi connectivity index (χ0n) is 12.3. The van der Waals surface area contributed by atoms with Crippen molar-refractivity contribution < 1.29 is 0 Å². The maximum Gasteiger partial charge on any atom is 0.00390 e. The van der Waals surface area contributed by atoms with Gasteiger partial charge in [0.2, 0.25) is 0 Å². The Morgan fingerprint density at radius 1 is 0.778 bits per heavy atom. The summed E-state index contributed by atoms with van der Waals surface area (Å²) in [5.41, 5.74) is 12.7. The zero-order chi connectivity index (χ0) is 13.2. The lowest BCUT2D eigenvalue weighted by atomic mass is 9.58. The van der Waals surface area contributed by atoms with E-state index in [4.69, 9.17) is 11.5 Å². The van der Waals surface area contributed by atoms with Gasteiger partial charge in [0.1, 0.15) is 0 Å². The molecule has 106 valence electrons. The molecule has 2 aliphatic rings. The summed E-state index contributed by atoms with van der Waals surface area (Å²) < 4.78 is 0. The Hall–Kier alpha value is -0.0800. The Kier molecular flexibility index (Phi) is 4.71. The average molecular weight is 252 g/mol. The molecule has 0 aromatic carbocycles. The molecule has 0 radical (unpaired) electrons. The average Bonchev–Trinajstić information content (AvgIpc) is 2.39. The van der Waals surface area contributed by atoms with E-state index < -0.39 is 0 Å². The van der Waals surface area contributed by atoms with Crippen molar-refractivity contribution in [2.75, 3.05) is 0 Å². The van der Waals surface area contributed by atoms with E-state index in [9.17, 15) is 0 Å². The number of nitrogens with two attached hydrogens (primary N) is 2. The zero-order valence-corrected chi connectivity index (χ0v) is 12.3. The van der Waals surface area contributed by atoms with Crippen LogP contribution in [-0.2, 0) is 0 Å². The van der Waals surface area contributed by atoms with Crippen LogP contribution in [0.4, 0.5) is 0 Å². The first-order valence-electron chi connectivity index (χ1n) is 8.07. The highest BCUT2D eigenvalue weighted by Crippen LogP contribution is 2.50. The van der Waals surface area contributed by atoms with Gasteiger partial charge in [-0.3, -0.25) is 0 Å². The van der Waals surface area contributed by atoms with Gasteiger partial charge in [-0.2, -0.15) is 0 Å². The van der Waals surface area contributed by atoms with Crippen molar-refractivity contribution in [1.82, 2.24) is 0 Å². The summed E-state index contributed by atoms with van der Waals surface area (Å²) >= 11 is 0. The number of hydrogen-bond acceptors (Lipinski definition) is 2. The molecule has 2 aliphatic carbocycles. The number of rotatable bonds is 3. The lowest BCUT2D eigenvalue weighted by Gasteiger charge is -2.48. The molecule has 2 saturated carbocycles. The van der Waals surface area contributed by atoms with Gasteiger partial charge in [-0.05, 0) is 68.6 Å². The van der Waals surface area contributed by atoms with Crippen LogP contribution in [0, 0.1) is 17.3 Å². The SMILES string of the molecule is CCC(C)(C1CCC(N)CC1)C1CCC(N)CC1. The third-order valence-corrected chi connectivity index (χ3v) is 6.17. The molecule has 2 rings (SSSR count). The first-order chi connectivity index (χ1) is 8.56. The second-order valence-corrected chi connectivity index (χ2v) is 7.08. The van der Waals surface area contributed by atoms with E-state index in [2.05, 4.69) is 13.8 Å². The van der Waals surface area contributed by atoms with Gasteiger partial charge in [0.05, 0.1) is 0 Å². The lowest BCUT2D eigenvalue weighted by Crippen LogP contribution is -2.42. The molecule has 0 saturated heterocycles. The van der Waals surface area contributed by atoms with E-state index in [-0.39, 0.29) is 0 Å². The molecular weight excluding hydrogens is 220 g/mol. The molecule has 2 fully saturated rings. The molecule has 0 aliphatic heterocycles. The third kappa shape index (κ3) is 2.91. The Morgan fingerprint density at radius 3 is 1.39 bits per heavy atom. The summed E-state index contributed by atoms with van der Waals surface area (Å²) in [5.74, 6) is 1.81. The first kappa shape index (κ1) is 14.3. The number of hydrogen-bond donors (Lipinski definition) is 2. The Morgan fingerprint density at radius 2 is 1.11 bits per heavy atom. The molecular formula is C16H32N2. The molecule has 0 aromatic rings. The molecule has 0 aromatic heterocycles. The van der Waals surface area contributed by atoms with Crippen LogP contribution < -0.4 is 11.5 Å². The van der Waals surface area contributed by atoms with Gasteiger partial charge < -0.3 is 11.5 Å². The van der Waals surface area contributed by atoms with Crippen LogP contribution in [0.3, 0.4) is 0 Å². The van der Waals surface area contributed by atoms with Gasteiger partial charge in [0.15, 0.2) is 0 Å². The van der Waals surface area contributed by atoms with E-state index in [1.165, 1.54) is 57.8 Å². The molecule has 0 bridgehead atoms. The van der Waals surface area contributed by atoms with Crippen molar-refractivity contribution in [1.29, 1.82) is 0 Å². The topological polar surface area (TPSA) is 52.0 Å². The van der Waals surface area contributed by atoms with Gasteiger partial charge in [0, 0.05) is 12.1 Å². The van der Waals surface area contributed by atoms with Crippen LogP contribution in [0.15, 0.2) is 0 Å². The maximum atomic E-state index is 6.06. The summed E-state index contributed by atoms with van der Waals surface area (Å²) in [4.78, 5) is 0. The highest BCUT2D eigenvalue weighted by atomic mass is 14.7. The highest BCUT2D eigenvalue weighted by Gasteiger charge is 2.41. The normalized spacial score (nSPS) is 41.3. The Labute approximate surface area is 113 Å². The molecule has 0 atom stereocenters. The van der Waals surface area contributed by atoms with E-state index in [0.717, 1.165) is 11.8 Å². The van der Waals surface area contributed by atoms with Crippen molar-refractivity contribution in [3.63, 3.8) is 0 Å². The van der Waals surface area contributed by atoms with Gasteiger partial charge in [-0.15, -0.1) is 0 Å². The Bertz CT molecular complexity index is 226. The molecule has 2 heteroatoms. The van der Waals surface area contributed by atoms with Crippen LogP contribution >= 0.6 is 0 Å². The molecule has 2 nitrogen and oxygen atoms in total. The smallest absolute Gasteiger partial charge is 0.00390 e. The van der Waals surface area contributed by atoms with Gasteiger partial charge in [-0.1, -0.05) is 20.3 Å². The fourth-order valence-electron chi connectivity index (χ4n) is 4.47. The van der Waals surface area contributed by atoms with E-state index in [1.807, 2.05) is 0 Å². The molecule has 0 unspecified atom stereocenters. The Balaban J connectivity index is 2.00. The van der Waals surface area contributed by atoms with Crippen LogP contribution in [0.2, 0.25) is 0 Å². The minimum Gasteiger partial charge on any atom is -0.328 e. The predicted octanol–water partition coefficient (Wildman–Crippen LogP) is 3.44. The quantitative estimate of drug-likeness (QED) is 0.808. The minimum absolute atomic E-state index is 0.474. The summed E-state index contributed by atoms with van der Waals surface area (Å²) in [6.07, 6.45) is 11.7. The second-order valence-electron chi connectivity index (χ2n) is 7.08. The van der Waals surface area contributed by atoms with Crippen molar-refractivity contribution in [3.8, 4) is 0 Å². The second kappa shape index (κ2) is 5.92. The fourth-order valence-corrected chi connectivity index (χ4v) is 4.47. The summed E-state index contributed by atoms with van der Waals surface area (Å²) in [6, 6.07) is 0.948. The molecule has 0 amide bonds. The fraction of sp³-hybridized carbons (Fsp3) is 1.00. The predicted molar refractivity (Wildman–Crippen MR) is 78.3 cm³/mol. The lowest BCUT2D eigenvalue weighted by molar-refractivity contribution is 0.0307. The van der Waals surface area contributed by atoms with E-state index >= 15 is 0 Å². The maximum absolute atomic E-state index is 6.06. The van der Waals surface area contributed by atoms with Crippen LogP contribution in [-0.4, -0.2) is 12.1 Å². The molecule has 4 N–H and O–H groups in total. The van der Waals surface area contributed by atoms with Crippen molar-refractivity contribution >= 4 is 0 Å². The molecule has 0 spiro atoms. The monoisotopic (exact) mass is 252 g/mol. The van der Waals surface area contributed by atoms with Crippen LogP contribution in [0.1, 0.15) is 71.6 Å². The first-order valence-corrected chi connectivity index (χ1v) is 8.07. The van der Waals surface area contributed by atoms with Crippen molar-refractivity contribution in [2.45, 2.75) is 83.7 Å². The summed E-state index contributed by atoms with van der Waals surface area (Å²) in [5, 5.41) is 0. The summed E-state index contributed by atoms with van der Waals surface area (Å²) in [6.45, 7) is 4.94.